The van der Waals surface area contributed by atoms with Gasteiger partial charge in [-0.3, -0.25) is 4.79 Å². The van der Waals surface area contributed by atoms with E-state index in [1.54, 1.807) is 26.0 Å². The molecule has 7 heteroatoms. The minimum Gasteiger partial charge on any atom is -0.483 e. The highest BCUT2D eigenvalue weighted by Gasteiger charge is 2.21. The van der Waals surface area contributed by atoms with E-state index < -0.39 is 16.2 Å². The predicted octanol–water partition coefficient (Wildman–Crippen LogP) is 2.60. The number of hydrogen-bond acceptors (Lipinski definition) is 6. The van der Waals surface area contributed by atoms with Crippen LogP contribution in [0.25, 0.3) is 0 Å². The number of ether oxygens (including phenoxy) is 1. The molecule has 0 fully saturated rings. The Kier molecular flexibility index (Phi) is 5.21. The third kappa shape index (κ3) is 4.12. The lowest BCUT2D eigenvalue weighted by molar-refractivity contribution is -0.113. The van der Waals surface area contributed by atoms with Crippen LogP contribution >= 0.6 is 0 Å². The molecule has 0 N–H and O–H groups in total. The summed E-state index contributed by atoms with van der Waals surface area (Å²) in [5.74, 6) is 0.351. The molecule has 0 amide bonds. The van der Waals surface area contributed by atoms with Gasteiger partial charge in [-0.25, -0.2) is 0 Å². The lowest BCUT2D eigenvalue weighted by atomic mass is 10.2. The van der Waals surface area contributed by atoms with Crippen molar-refractivity contribution in [2.24, 2.45) is 0 Å². The molecule has 2 aromatic carbocycles. The molecule has 0 saturated carbocycles. The van der Waals surface area contributed by atoms with Crippen molar-refractivity contribution in [3.8, 4) is 17.6 Å². The molecule has 124 valence electrons. The van der Waals surface area contributed by atoms with Crippen LogP contribution in [0.3, 0.4) is 0 Å². The fraction of sp³-hybridized carbons (Fsp3) is 0.176. The molecule has 1 atom stereocenters. The zero-order valence-corrected chi connectivity index (χ0v) is 13.9. The van der Waals surface area contributed by atoms with Gasteiger partial charge in [0, 0.05) is 6.07 Å². The molecule has 0 saturated heterocycles. The van der Waals surface area contributed by atoms with Crippen LogP contribution in [0.5, 0.6) is 11.5 Å². The van der Waals surface area contributed by atoms with Crippen LogP contribution in [-0.4, -0.2) is 20.8 Å². The number of aldehydes is 1. The second-order valence-corrected chi connectivity index (χ2v) is 6.60. The summed E-state index contributed by atoms with van der Waals surface area (Å²) in [5, 5.41) is 9.04. The van der Waals surface area contributed by atoms with E-state index in [1.165, 1.54) is 30.3 Å². The summed E-state index contributed by atoms with van der Waals surface area (Å²) < 4.78 is 35.3. The van der Waals surface area contributed by atoms with Gasteiger partial charge in [0.25, 0.3) is 0 Å². The van der Waals surface area contributed by atoms with Crippen molar-refractivity contribution < 1.29 is 22.1 Å². The van der Waals surface area contributed by atoms with Crippen LogP contribution in [0, 0.1) is 18.3 Å². The zero-order valence-electron chi connectivity index (χ0n) is 13.1. The molecule has 0 bridgehead atoms. The van der Waals surface area contributed by atoms with Gasteiger partial charge in [-0.15, -0.1) is 0 Å². The first-order chi connectivity index (χ1) is 11.4. The number of carbonyl (C=O) groups is 1. The van der Waals surface area contributed by atoms with Crippen molar-refractivity contribution in [1.29, 1.82) is 5.26 Å². The van der Waals surface area contributed by atoms with Gasteiger partial charge in [0.2, 0.25) is 0 Å². The smallest absolute Gasteiger partial charge is 0.340 e. The molecule has 2 aromatic rings. The van der Waals surface area contributed by atoms with Crippen LogP contribution < -0.4 is 8.92 Å². The van der Waals surface area contributed by atoms with E-state index in [4.69, 9.17) is 14.2 Å². The van der Waals surface area contributed by atoms with Crippen LogP contribution in [0.2, 0.25) is 0 Å². The van der Waals surface area contributed by atoms with Gasteiger partial charge in [-0.05, 0) is 43.7 Å². The maximum atomic E-state index is 12.4. The maximum Gasteiger partial charge on any atom is 0.340 e. The standard InChI is InChI=1S/C17H15NO5S/c1-12-7-15(22-13(2)11-19)9-16(8-12)23-24(20,21)17-6-4-3-5-14(17)10-18/h3-9,11,13H,1-2H3. The summed E-state index contributed by atoms with van der Waals surface area (Å²) in [5.41, 5.74) is 0.695. The summed E-state index contributed by atoms with van der Waals surface area (Å²) in [6.07, 6.45) is -0.0430. The van der Waals surface area contributed by atoms with E-state index >= 15 is 0 Å². The van der Waals surface area contributed by atoms with Gasteiger partial charge in [0.1, 0.15) is 22.5 Å². The highest BCUT2D eigenvalue weighted by atomic mass is 32.2. The molecule has 0 heterocycles. The van der Waals surface area contributed by atoms with E-state index in [0.717, 1.165) is 0 Å². The molecule has 2 rings (SSSR count). The van der Waals surface area contributed by atoms with Crippen molar-refractivity contribution in [2.75, 3.05) is 0 Å². The first-order valence-electron chi connectivity index (χ1n) is 7.03. The SMILES string of the molecule is Cc1cc(OC(C)C=O)cc(OS(=O)(=O)c2ccccc2C#N)c1. The Morgan fingerprint density at radius 1 is 1.17 bits per heavy atom. The van der Waals surface area contributed by atoms with E-state index in [-0.39, 0.29) is 16.2 Å². The van der Waals surface area contributed by atoms with Gasteiger partial charge in [0.05, 0.1) is 5.56 Å². The molecule has 0 aliphatic heterocycles. The maximum absolute atomic E-state index is 12.4. The third-order valence-corrected chi connectivity index (χ3v) is 4.33. The number of rotatable bonds is 6. The average Bonchev–Trinajstić information content (AvgIpc) is 2.53. The van der Waals surface area contributed by atoms with Gasteiger partial charge in [0.15, 0.2) is 12.4 Å². The molecule has 0 radical (unpaired) electrons. The topological polar surface area (TPSA) is 93.5 Å². The van der Waals surface area contributed by atoms with Crippen LogP contribution in [0.15, 0.2) is 47.4 Å². The van der Waals surface area contributed by atoms with Gasteiger partial charge in [-0.1, -0.05) is 12.1 Å². The molecule has 0 aromatic heterocycles. The summed E-state index contributed by atoms with van der Waals surface area (Å²) in [7, 11) is -4.17. The van der Waals surface area contributed by atoms with Gasteiger partial charge >= 0.3 is 10.1 Å². The monoisotopic (exact) mass is 345 g/mol. The van der Waals surface area contributed by atoms with Gasteiger partial charge < -0.3 is 8.92 Å². The molecule has 0 aliphatic carbocycles. The molecule has 1 unspecified atom stereocenters. The number of hydrogen-bond donors (Lipinski definition) is 0. The van der Waals surface area contributed by atoms with Crippen molar-refractivity contribution in [3.05, 3.63) is 53.6 Å². The second kappa shape index (κ2) is 7.15. The lowest BCUT2D eigenvalue weighted by Crippen LogP contribution is -2.14. The van der Waals surface area contributed by atoms with Crippen LogP contribution in [0.4, 0.5) is 0 Å². The minimum absolute atomic E-state index is 0.00352. The summed E-state index contributed by atoms with van der Waals surface area (Å²) >= 11 is 0. The first kappa shape index (κ1) is 17.5. The summed E-state index contributed by atoms with van der Waals surface area (Å²) in [6, 6.07) is 12.1. The number of benzene rings is 2. The van der Waals surface area contributed by atoms with Crippen molar-refractivity contribution in [3.63, 3.8) is 0 Å². The Bertz CT molecular complexity index is 899. The fourth-order valence-electron chi connectivity index (χ4n) is 2.02. The highest BCUT2D eigenvalue weighted by Crippen LogP contribution is 2.27. The second-order valence-electron chi connectivity index (χ2n) is 5.09. The van der Waals surface area contributed by atoms with Crippen LogP contribution in [-0.2, 0) is 14.9 Å². The van der Waals surface area contributed by atoms with Crippen molar-refractivity contribution >= 4 is 16.4 Å². The Morgan fingerprint density at radius 3 is 2.50 bits per heavy atom. The van der Waals surface area contributed by atoms with E-state index in [2.05, 4.69) is 0 Å². The number of aryl methyl sites for hydroxylation is 1. The normalized spacial score (nSPS) is 12.0. The molecule has 6 nitrogen and oxygen atoms in total. The first-order valence-corrected chi connectivity index (χ1v) is 8.44. The van der Waals surface area contributed by atoms with E-state index in [0.29, 0.717) is 17.6 Å². The zero-order chi connectivity index (χ0) is 17.7. The minimum atomic E-state index is -4.17. The Balaban J connectivity index is 2.36. The molecular formula is C17H15NO5S. The van der Waals surface area contributed by atoms with E-state index in [9.17, 15) is 13.2 Å². The third-order valence-electron chi connectivity index (χ3n) is 3.02. The summed E-state index contributed by atoms with van der Waals surface area (Å²) in [4.78, 5) is 10.5. The van der Waals surface area contributed by atoms with Gasteiger partial charge in [-0.2, -0.15) is 13.7 Å². The van der Waals surface area contributed by atoms with E-state index in [1.807, 2.05) is 6.07 Å². The summed E-state index contributed by atoms with van der Waals surface area (Å²) in [6.45, 7) is 3.30. The molecule has 0 spiro atoms. The molecular weight excluding hydrogens is 330 g/mol. The average molecular weight is 345 g/mol. The Hall–Kier alpha value is -2.85. The number of nitriles is 1. The van der Waals surface area contributed by atoms with Crippen molar-refractivity contribution in [2.45, 2.75) is 24.8 Å². The number of nitrogens with zero attached hydrogens (tertiary/aromatic N) is 1. The largest absolute Gasteiger partial charge is 0.483 e. The fourth-order valence-corrected chi connectivity index (χ4v) is 3.09. The molecule has 0 aliphatic rings. The highest BCUT2D eigenvalue weighted by molar-refractivity contribution is 7.87. The molecule has 24 heavy (non-hydrogen) atoms. The Labute approximate surface area is 140 Å². The van der Waals surface area contributed by atoms with Crippen LogP contribution in [0.1, 0.15) is 18.1 Å². The number of carbonyl (C=O) groups excluding carboxylic acids is 1. The predicted molar refractivity (Wildman–Crippen MR) is 86.3 cm³/mol. The quantitative estimate of drug-likeness (QED) is 0.590. The lowest BCUT2D eigenvalue weighted by Gasteiger charge is -2.13. The van der Waals surface area contributed by atoms with Crippen molar-refractivity contribution in [1.82, 2.24) is 0 Å². The Morgan fingerprint density at radius 2 is 1.83 bits per heavy atom.